The highest BCUT2D eigenvalue weighted by molar-refractivity contribution is 9.10. The number of halogens is 4. The van der Waals surface area contributed by atoms with Crippen molar-refractivity contribution in [1.29, 1.82) is 0 Å². The number of hydrogen-bond donors (Lipinski definition) is 0. The first-order chi connectivity index (χ1) is 9.58. The number of thiophene rings is 1. The zero-order valence-electron chi connectivity index (χ0n) is 10.0. The molecule has 0 aliphatic rings. The van der Waals surface area contributed by atoms with Gasteiger partial charge in [-0.3, -0.25) is 0 Å². The van der Waals surface area contributed by atoms with Gasteiger partial charge >= 0.3 is 0 Å². The third kappa shape index (κ3) is 2.36. The molecule has 1 atom stereocenters. The molecule has 20 heavy (non-hydrogen) atoms. The van der Waals surface area contributed by atoms with Crippen LogP contribution in [0.5, 0.6) is 0 Å². The molecule has 0 bridgehead atoms. The molecule has 0 aliphatic carbocycles. The predicted octanol–water partition coefficient (Wildman–Crippen LogP) is 6.27. The Morgan fingerprint density at radius 2 is 1.80 bits per heavy atom. The van der Waals surface area contributed by atoms with Crippen LogP contribution in [0.3, 0.4) is 0 Å². The standard InChI is InChI=1S/C15H8BrClF2S/c16-11-6-12(18)9(5-13(11)19)15(17)10-7-20-14-4-2-1-3-8(10)14/h1-7,15H. The summed E-state index contributed by atoms with van der Waals surface area (Å²) < 4.78 is 28.8. The van der Waals surface area contributed by atoms with Crippen molar-refractivity contribution in [3.8, 4) is 0 Å². The molecular weight excluding hydrogens is 366 g/mol. The molecule has 3 rings (SSSR count). The molecule has 0 amide bonds. The first-order valence-electron chi connectivity index (χ1n) is 5.82. The molecule has 1 heterocycles. The third-order valence-corrected chi connectivity index (χ3v) is 5.16. The van der Waals surface area contributed by atoms with Crippen molar-refractivity contribution in [2.75, 3.05) is 0 Å². The maximum Gasteiger partial charge on any atom is 0.137 e. The third-order valence-electron chi connectivity index (χ3n) is 3.10. The van der Waals surface area contributed by atoms with Crippen LogP contribution in [0.15, 0.2) is 46.3 Å². The lowest BCUT2D eigenvalue weighted by molar-refractivity contribution is 0.582. The minimum atomic E-state index is -0.714. The Kier molecular flexibility index (Phi) is 3.80. The van der Waals surface area contributed by atoms with Crippen LogP contribution >= 0.6 is 38.9 Å². The zero-order chi connectivity index (χ0) is 14.3. The summed E-state index contributed by atoms with van der Waals surface area (Å²) in [5, 5.41) is 2.15. The van der Waals surface area contributed by atoms with E-state index in [-0.39, 0.29) is 10.0 Å². The topological polar surface area (TPSA) is 0 Å². The Bertz CT molecular complexity index is 785. The van der Waals surface area contributed by atoms with Gasteiger partial charge in [0.25, 0.3) is 0 Å². The average molecular weight is 374 g/mol. The van der Waals surface area contributed by atoms with Gasteiger partial charge in [0.1, 0.15) is 11.6 Å². The first-order valence-corrected chi connectivity index (χ1v) is 7.93. The SMILES string of the molecule is Fc1cc(C(Cl)c2csc3ccccc23)c(F)cc1Br. The quantitative estimate of drug-likeness (QED) is 0.367. The van der Waals surface area contributed by atoms with Crippen LogP contribution in [0, 0.1) is 11.6 Å². The van der Waals surface area contributed by atoms with Gasteiger partial charge < -0.3 is 0 Å². The van der Waals surface area contributed by atoms with E-state index < -0.39 is 17.0 Å². The summed E-state index contributed by atoms with van der Waals surface area (Å²) in [5.41, 5.74) is 0.948. The van der Waals surface area contributed by atoms with E-state index in [0.29, 0.717) is 0 Å². The number of alkyl halides is 1. The van der Waals surface area contributed by atoms with Crippen LogP contribution in [-0.4, -0.2) is 0 Å². The van der Waals surface area contributed by atoms with E-state index in [2.05, 4.69) is 15.9 Å². The second-order valence-corrected chi connectivity index (χ2v) is 6.54. The Hall–Kier alpha value is -0.970. The molecule has 0 fully saturated rings. The molecule has 0 aliphatic heterocycles. The molecule has 0 N–H and O–H groups in total. The molecular formula is C15H8BrClF2S. The van der Waals surface area contributed by atoms with Gasteiger partial charge in [0.05, 0.1) is 9.85 Å². The second-order valence-electron chi connectivity index (χ2n) is 4.34. The lowest BCUT2D eigenvalue weighted by Gasteiger charge is -2.11. The largest absolute Gasteiger partial charge is 0.207 e. The summed E-state index contributed by atoms with van der Waals surface area (Å²) in [5.74, 6) is -1.04. The smallest absolute Gasteiger partial charge is 0.137 e. The molecule has 5 heteroatoms. The molecule has 1 unspecified atom stereocenters. The minimum Gasteiger partial charge on any atom is -0.207 e. The van der Waals surface area contributed by atoms with Crippen LogP contribution < -0.4 is 0 Å². The summed E-state index contributed by atoms with van der Waals surface area (Å²) in [6, 6.07) is 10.00. The molecule has 0 saturated carbocycles. The van der Waals surface area contributed by atoms with Crippen LogP contribution in [0.4, 0.5) is 8.78 Å². The summed E-state index contributed by atoms with van der Waals surface area (Å²) in [4.78, 5) is 0. The van der Waals surface area contributed by atoms with Gasteiger partial charge in [-0.05, 0) is 50.5 Å². The van der Waals surface area contributed by atoms with E-state index in [4.69, 9.17) is 11.6 Å². The van der Waals surface area contributed by atoms with Gasteiger partial charge in [0.15, 0.2) is 0 Å². The molecule has 1 aromatic heterocycles. The predicted molar refractivity (Wildman–Crippen MR) is 83.6 cm³/mol. The van der Waals surface area contributed by atoms with Gasteiger partial charge in [-0.15, -0.1) is 22.9 Å². The van der Waals surface area contributed by atoms with Crippen molar-refractivity contribution in [2.24, 2.45) is 0 Å². The number of rotatable bonds is 2. The van der Waals surface area contributed by atoms with Crippen molar-refractivity contribution in [1.82, 2.24) is 0 Å². The highest BCUT2D eigenvalue weighted by Crippen LogP contribution is 2.39. The molecule has 3 aromatic rings. The number of hydrogen-bond acceptors (Lipinski definition) is 1. The highest BCUT2D eigenvalue weighted by atomic mass is 79.9. The first kappa shape index (κ1) is 14.0. The van der Waals surface area contributed by atoms with Crippen molar-refractivity contribution in [2.45, 2.75) is 5.38 Å². The van der Waals surface area contributed by atoms with Crippen LogP contribution in [0.1, 0.15) is 16.5 Å². The fraction of sp³-hybridized carbons (Fsp3) is 0.0667. The van der Waals surface area contributed by atoms with Gasteiger partial charge in [0.2, 0.25) is 0 Å². The van der Waals surface area contributed by atoms with Gasteiger partial charge in [-0.2, -0.15) is 0 Å². The van der Waals surface area contributed by atoms with Crippen molar-refractivity contribution >= 4 is 49.0 Å². The maximum atomic E-state index is 14.0. The average Bonchev–Trinajstić information content (AvgIpc) is 2.86. The molecule has 0 spiro atoms. The zero-order valence-corrected chi connectivity index (χ0v) is 13.2. The monoisotopic (exact) mass is 372 g/mol. The number of fused-ring (bicyclic) bond motifs is 1. The summed E-state index contributed by atoms with van der Waals surface area (Å²) in [7, 11) is 0. The lowest BCUT2D eigenvalue weighted by Crippen LogP contribution is -1.98. The Morgan fingerprint density at radius 1 is 1.05 bits per heavy atom. The summed E-state index contributed by atoms with van der Waals surface area (Å²) >= 11 is 10.9. The van der Waals surface area contributed by atoms with Crippen molar-refractivity contribution < 1.29 is 8.78 Å². The van der Waals surface area contributed by atoms with E-state index in [9.17, 15) is 8.78 Å². The van der Waals surface area contributed by atoms with Gasteiger partial charge in [-0.1, -0.05) is 18.2 Å². The Morgan fingerprint density at radius 3 is 2.60 bits per heavy atom. The van der Waals surface area contributed by atoms with Crippen LogP contribution in [0.2, 0.25) is 0 Å². The van der Waals surface area contributed by atoms with Crippen molar-refractivity contribution in [3.05, 3.63) is 69.0 Å². The maximum absolute atomic E-state index is 14.0. The Labute approximate surface area is 132 Å². The minimum absolute atomic E-state index is 0.0952. The van der Waals surface area contributed by atoms with Crippen LogP contribution in [-0.2, 0) is 0 Å². The highest BCUT2D eigenvalue weighted by Gasteiger charge is 2.20. The van der Waals surface area contributed by atoms with E-state index in [0.717, 1.165) is 27.8 Å². The van der Waals surface area contributed by atoms with Crippen molar-refractivity contribution in [3.63, 3.8) is 0 Å². The fourth-order valence-corrected chi connectivity index (χ4v) is 3.82. The van der Waals surface area contributed by atoms with E-state index in [1.165, 1.54) is 0 Å². The lowest BCUT2D eigenvalue weighted by atomic mass is 10.0. The molecule has 0 radical (unpaired) electrons. The molecule has 0 saturated heterocycles. The van der Waals surface area contributed by atoms with Gasteiger partial charge in [-0.25, -0.2) is 8.78 Å². The normalized spacial score (nSPS) is 12.8. The number of benzene rings is 2. The molecule has 0 nitrogen and oxygen atoms in total. The van der Waals surface area contributed by atoms with Crippen LogP contribution in [0.25, 0.3) is 10.1 Å². The van der Waals surface area contributed by atoms with E-state index in [1.807, 2.05) is 29.6 Å². The summed E-state index contributed by atoms with van der Waals surface area (Å²) in [6.45, 7) is 0. The molecule has 102 valence electrons. The second kappa shape index (κ2) is 5.43. The fourth-order valence-electron chi connectivity index (χ4n) is 2.09. The summed E-state index contributed by atoms with van der Waals surface area (Å²) in [6.07, 6.45) is 0. The van der Waals surface area contributed by atoms with E-state index >= 15 is 0 Å². The van der Waals surface area contributed by atoms with E-state index in [1.54, 1.807) is 11.3 Å². The Balaban J connectivity index is 2.13. The van der Waals surface area contributed by atoms with Gasteiger partial charge in [0, 0.05) is 10.3 Å². The molecule has 2 aromatic carbocycles.